The molecule has 0 amide bonds. The van der Waals surface area contributed by atoms with E-state index in [2.05, 4.69) is 4.98 Å². The van der Waals surface area contributed by atoms with Gasteiger partial charge in [0.25, 0.3) is 0 Å². The largest absolute Gasteiger partial charge is 0.491 e. The molecule has 2 rings (SSSR count). The molecule has 3 nitrogen and oxygen atoms in total. The molecule has 1 aromatic heterocycles. The highest BCUT2D eigenvalue weighted by Gasteiger charge is 2.06. The molecule has 0 atom stereocenters. The molecule has 0 saturated heterocycles. The van der Waals surface area contributed by atoms with Crippen LogP contribution in [0.2, 0.25) is 0 Å². The molecule has 0 radical (unpaired) electrons. The molecule has 2 aromatic rings. The first-order valence-corrected chi connectivity index (χ1v) is 6.00. The van der Waals surface area contributed by atoms with Crippen molar-refractivity contribution in [1.29, 1.82) is 0 Å². The second-order valence-corrected chi connectivity index (χ2v) is 4.21. The summed E-state index contributed by atoms with van der Waals surface area (Å²) in [6.07, 6.45) is 1.85. The molecule has 1 aromatic carbocycles. The van der Waals surface area contributed by atoms with Crippen molar-refractivity contribution in [3.8, 4) is 17.1 Å². The number of hydrogen-bond acceptors (Lipinski definition) is 3. The van der Waals surface area contributed by atoms with Crippen molar-refractivity contribution in [3.63, 3.8) is 0 Å². The van der Waals surface area contributed by atoms with Crippen LogP contribution in [0.1, 0.15) is 19.7 Å². The highest BCUT2D eigenvalue weighted by molar-refractivity contribution is 6.16. The third kappa shape index (κ3) is 3.01. The first-order valence-electron chi connectivity index (χ1n) is 5.47. The molecule has 0 aliphatic heterocycles. The highest BCUT2D eigenvalue weighted by Crippen LogP contribution is 2.24. The molecule has 0 aliphatic carbocycles. The Balaban J connectivity index is 2.17. The molecule has 90 valence electrons. The van der Waals surface area contributed by atoms with Crippen molar-refractivity contribution >= 4 is 11.6 Å². The van der Waals surface area contributed by atoms with Gasteiger partial charge in [0.15, 0.2) is 5.76 Å². The maximum absolute atomic E-state index is 5.63. The van der Waals surface area contributed by atoms with E-state index in [1.54, 1.807) is 6.20 Å². The third-order valence-electron chi connectivity index (χ3n) is 2.18. The zero-order chi connectivity index (χ0) is 12.3. The normalized spacial score (nSPS) is 10.8. The van der Waals surface area contributed by atoms with Crippen molar-refractivity contribution < 1.29 is 9.15 Å². The summed E-state index contributed by atoms with van der Waals surface area (Å²) in [7, 11) is 0. The smallest absolute Gasteiger partial charge is 0.209 e. The fourth-order valence-corrected chi connectivity index (χ4v) is 1.60. The first kappa shape index (κ1) is 12.0. The maximum Gasteiger partial charge on any atom is 0.209 e. The van der Waals surface area contributed by atoms with Crippen molar-refractivity contribution in [2.75, 3.05) is 0 Å². The summed E-state index contributed by atoms with van der Waals surface area (Å²) in [5, 5.41) is 0. The standard InChI is InChI=1S/C13H14ClNO2/c1-9(2)16-11-5-3-10(4-6-11)12-8-15-13(7-14)17-12/h3-6,8-9H,7H2,1-2H3. The van der Waals surface area contributed by atoms with Crippen LogP contribution in [0.25, 0.3) is 11.3 Å². The highest BCUT2D eigenvalue weighted by atomic mass is 35.5. The minimum Gasteiger partial charge on any atom is -0.491 e. The minimum atomic E-state index is 0.175. The molecule has 0 saturated carbocycles. The van der Waals surface area contributed by atoms with Crippen LogP contribution in [0.4, 0.5) is 0 Å². The molecule has 4 heteroatoms. The van der Waals surface area contributed by atoms with Gasteiger partial charge in [-0.15, -0.1) is 11.6 Å². The van der Waals surface area contributed by atoms with E-state index in [4.69, 9.17) is 20.8 Å². The lowest BCUT2D eigenvalue weighted by atomic mass is 10.2. The van der Waals surface area contributed by atoms with E-state index >= 15 is 0 Å². The SMILES string of the molecule is CC(C)Oc1ccc(-c2cnc(CCl)o2)cc1. The number of benzene rings is 1. The van der Waals surface area contributed by atoms with Gasteiger partial charge in [0, 0.05) is 5.56 Å². The number of rotatable bonds is 4. The van der Waals surface area contributed by atoms with Gasteiger partial charge in [-0.25, -0.2) is 4.98 Å². The zero-order valence-corrected chi connectivity index (χ0v) is 10.6. The molecule has 0 spiro atoms. The summed E-state index contributed by atoms with van der Waals surface area (Å²) in [4.78, 5) is 4.05. The number of ether oxygens (including phenoxy) is 1. The summed E-state index contributed by atoms with van der Waals surface area (Å²) in [5.74, 6) is 2.39. The summed E-state index contributed by atoms with van der Waals surface area (Å²) in [6, 6.07) is 7.71. The predicted octanol–water partition coefficient (Wildman–Crippen LogP) is 3.87. The van der Waals surface area contributed by atoms with Gasteiger partial charge >= 0.3 is 0 Å². The van der Waals surface area contributed by atoms with Crippen LogP contribution in [0.5, 0.6) is 5.75 Å². The molecule has 1 heterocycles. The second kappa shape index (κ2) is 5.23. The van der Waals surface area contributed by atoms with Crippen LogP contribution in [0.15, 0.2) is 34.9 Å². The number of halogens is 1. The molecule has 0 N–H and O–H groups in total. The van der Waals surface area contributed by atoms with Crippen LogP contribution < -0.4 is 4.74 Å². The number of hydrogen-bond donors (Lipinski definition) is 0. The number of oxazole rings is 1. The third-order valence-corrected chi connectivity index (χ3v) is 2.41. The Morgan fingerprint density at radius 2 is 2.00 bits per heavy atom. The second-order valence-electron chi connectivity index (χ2n) is 3.94. The fraction of sp³-hybridized carbons (Fsp3) is 0.308. The van der Waals surface area contributed by atoms with Crippen molar-refractivity contribution in [2.24, 2.45) is 0 Å². The van der Waals surface area contributed by atoms with Gasteiger partial charge in [-0.05, 0) is 38.1 Å². The molecule has 0 bridgehead atoms. The van der Waals surface area contributed by atoms with Crippen molar-refractivity contribution in [1.82, 2.24) is 4.98 Å². The molecule has 17 heavy (non-hydrogen) atoms. The fourth-order valence-electron chi connectivity index (χ4n) is 1.48. The first-order chi connectivity index (χ1) is 8.19. The lowest BCUT2D eigenvalue weighted by Gasteiger charge is -2.09. The van der Waals surface area contributed by atoms with Gasteiger partial charge in [0.05, 0.1) is 18.2 Å². The lowest BCUT2D eigenvalue weighted by Crippen LogP contribution is -2.05. The van der Waals surface area contributed by atoms with Gasteiger partial charge < -0.3 is 9.15 Å². The molecular formula is C13H14ClNO2. The Labute approximate surface area is 105 Å². The monoisotopic (exact) mass is 251 g/mol. The van der Waals surface area contributed by atoms with Gasteiger partial charge in [-0.1, -0.05) is 0 Å². The average molecular weight is 252 g/mol. The average Bonchev–Trinajstić information content (AvgIpc) is 2.78. The van der Waals surface area contributed by atoms with Crippen LogP contribution in [0.3, 0.4) is 0 Å². The Hall–Kier alpha value is -1.48. The molecular weight excluding hydrogens is 238 g/mol. The van der Waals surface area contributed by atoms with E-state index in [0.717, 1.165) is 17.1 Å². The van der Waals surface area contributed by atoms with Crippen LogP contribution in [0, 0.1) is 0 Å². The van der Waals surface area contributed by atoms with E-state index in [1.807, 2.05) is 38.1 Å². The Morgan fingerprint density at radius 3 is 2.53 bits per heavy atom. The van der Waals surface area contributed by atoms with E-state index in [9.17, 15) is 0 Å². The minimum absolute atomic E-state index is 0.175. The zero-order valence-electron chi connectivity index (χ0n) is 9.81. The van der Waals surface area contributed by atoms with Crippen molar-refractivity contribution in [3.05, 3.63) is 36.4 Å². The van der Waals surface area contributed by atoms with Gasteiger partial charge in [0.1, 0.15) is 5.75 Å². The topological polar surface area (TPSA) is 35.3 Å². The van der Waals surface area contributed by atoms with Crippen LogP contribution in [-0.4, -0.2) is 11.1 Å². The summed E-state index contributed by atoms with van der Waals surface area (Å²) >= 11 is 5.63. The van der Waals surface area contributed by atoms with E-state index in [-0.39, 0.29) is 12.0 Å². The van der Waals surface area contributed by atoms with E-state index in [0.29, 0.717) is 5.89 Å². The van der Waals surface area contributed by atoms with E-state index < -0.39 is 0 Å². The van der Waals surface area contributed by atoms with Crippen LogP contribution >= 0.6 is 11.6 Å². The summed E-state index contributed by atoms with van der Waals surface area (Å²) in [5.41, 5.74) is 0.963. The Bertz CT molecular complexity index is 476. The van der Waals surface area contributed by atoms with E-state index in [1.165, 1.54) is 0 Å². The molecule has 0 unspecified atom stereocenters. The number of alkyl halides is 1. The Morgan fingerprint density at radius 1 is 1.29 bits per heavy atom. The van der Waals surface area contributed by atoms with Crippen molar-refractivity contribution in [2.45, 2.75) is 25.8 Å². The number of nitrogens with zero attached hydrogens (tertiary/aromatic N) is 1. The van der Waals surface area contributed by atoms with Gasteiger partial charge in [-0.2, -0.15) is 0 Å². The lowest BCUT2D eigenvalue weighted by molar-refractivity contribution is 0.242. The summed E-state index contributed by atoms with van der Waals surface area (Å²) < 4.78 is 11.0. The van der Waals surface area contributed by atoms with Gasteiger partial charge in [0.2, 0.25) is 5.89 Å². The molecule has 0 fully saturated rings. The van der Waals surface area contributed by atoms with Crippen LogP contribution in [-0.2, 0) is 5.88 Å². The molecule has 0 aliphatic rings. The van der Waals surface area contributed by atoms with Gasteiger partial charge in [-0.3, -0.25) is 0 Å². The maximum atomic E-state index is 5.63. The quantitative estimate of drug-likeness (QED) is 0.774. The predicted molar refractivity (Wildman–Crippen MR) is 67.3 cm³/mol. The Kier molecular flexibility index (Phi) is 3.69. The number of aromatic nitrogens is 1. The summed E-state index contributed by atoms with van der Waals surface area (Å²) in [6.45, 7) is 3.99.